The number of carbonyl (C=O) groups excluding carboxylic acids is 1. The zero-order chi connectivity index (χ0) is 15.8. The molecule has 116 valence electrons. The number of thioether (sulfide) groups is 1. The summed E-state index contributed by atoms with van der Waals surface area (Å²) in [6.45, 7) is 0.512. The smallest absolute Gasteiger partial charge is 0.319 e. The summed E-state index contributed by atoms with van der Waals surface area (Å²) in [7, 11) is 0. The van der Waals surface area contributed by atoms with E-state index >= 15 is 0 Å². The summed E-state index contributed by atoms with van der Waals surface area (Å²) >= 11 is 7.34. The number of benzene rings is 2. The molecule has 0 aliphatic rings. The molecule has 0 saturated heterocycles. The highest BCUT2D eigenvalue weighted by Crippen LogP contribution is 2.15. The number of amides is 2. The minimum absolute atomic E-state index is 0.191. The molecule has 0 aliphatic carbocycles. The van der Waals surface area contributed by atoms with Gasteiger partial charge < -0.3 is 10.6 Å². The van der Waals surface area contributed by atoms with E-state index in [4.69, 9.17) is 11.6 Å². The van der Waals surface area contributed by atoms with Gasteiger partial charge in [0.25, 0.3) is 0 Å². The van der Waals surface area contributed by atoms with Gasteiger partial charge in [-0.15, -0.1) is 0 Å². The van der Waals surface area contributed by atoms with Crippen LogP contribution in [0, 0.1) is 5.82 Å². The molecule has 2 rings (SSSR count). The first kappa shape index (κ1) is 16.6. The monoisotopic (exact) mass is 338 g/mol. The van der Waals surface area contributed by atoms with E-state index in [1.165, 1.54) is 6.07 Å². The molecule has 0 unspecified atom stereocenters. The van der Waals surface area contributed by atoms with E-state index in [-0.39, 0.29) is 11.8 Å². The summed E-state index contributed by atoms with van der Waals surface area (Å²) < 4.78 is 13.4. The Labute approximate surface area is 138 Å². The van der Waals surface area contributed by atoms with Gasteiger partial charge in [-0.2, -0.15) is 11.8 Å². The molecule has 0 atom stereocenters. The van der Waals surface area contributed by atoms with Crippen molar-refractivity contribution in [1.82, 2.24) is 5.32 Å². The molecule has 0 fully saturated rings. The lowest BCUT2D eigenvalue weighted by Crippen LogP contribution is -2.30. The molecule has 0 bridgehead atoms. The second-order valence-electron chi connectivity index (χ2n) is 4.53. The van der Waals surface area contributed by atoms with Crippen molar-refractivity contribution in [3.05, 3.63) is 64.9 Å². The number of carbonyl (C=O) groups is 1. The van der Waals surface area contributed by atoms with Crippen LogP contribution < -0.4 is 10.6 Å². The Balaban J connectivity index is 1.63. The van der Waals surface area contributed by atoms with Gasteiger partial charge in [0.15, 0.2) is 0 Å². The van der Waals surface area contributed by atoms with Gasteiger partial charge in [-0.3, -0.25) is 0 Å². The molecular weight excluding hydrogens is 323 g/mol. The molecule has 0 saturated carbocycles. The summed E-state index contributed by atoms with van der Waals surface area (Å²) in [5, 5.41) is 6.08. The minimum Gasteiger partial charge on any atom is -0.337 e. The van der Waals surface area contributed by atoms with E-state index in [9.17, 15) is 9.18 Å². The van der Waals surface area contributed by atoms with E-state index in [2.05, 4.69) is 10.6 Å². The van der Waals surface area contributed by atoms with Crippen LogP contribution in [-0.4, -0.2) is 18.3 Å². The number of rotatable bonds is 6. The molecule has 6 heteroatoms. The molecule has 0 spiro atoms. The van der Waals surface area contributed by atoms with Gasteiger partial charge in [0.2, 0.25) is 0 Å². The quantitative estimate of drug-likeness (QED) is 0.759. The third-order valence-corrected chi connectivity index (χ3v) is 4.11. The van der Waals surface area contributed by atoms with Gasteiger partial charge in [-0.05, 0) is 35.9 Å². The first-order valence-corrected chi connectivity index (χ1v) is 8.30. The normalized spacial score (nSPS) is 10.3. The highest BCUT2D eigenvalue weighted by atomic mass is 35.5. The topological polar surface area (TPSA) is 41.1 Å². The molecule has 3 nitrogen and oxygen atoms in total. The third kappa shape index (κ3) is 5.58. The largest absolute Gasteiger partial charge is 0.337 e. The number of nitrogens with one attached hydrogen (secondary N) is 2. The number of halogens is 2. The van der Waals surface area contributed by atoms with Crippen molar-refractivity contribution in [2.75, 3.05) is 17.6 Å². The Morgan fingerprint density at radius 1 is 1.14 bits per heavy atom. The lowest BCUT2D eigenvalue weighted by Gasteiger charge is -2.08. The van der Waals surface area contributed by atoms with Crippen LogP contribution in [0.3, 0.4) is 0 Å². The maximum absolute atomic E-state index is 13.4. The predicted molar refractivity (Wildman–Crippen MR) is 91.0 cm³/mol. The lowest BCUT2D eigenvalue weighted by atomic mass is 10.2. The second kappa shape index (κ2) is 8.66. The van der Waals surface area contributed by atoms with E-state index in [0.717, 1.165) is 0 Å². The number of hydrogen-bond acceptors (Lipinski definition) is 2. The molecule has 2 N–H and O–H groups in total. The Hall–Kier alpha value is -1.72. The third-order valence-electron chi connectivity index (χ3n) is 2.85. The Bertz CT molecular complexity index is 622. The van der Waals surface area contributed by atoms with Crippen molar-refractivity contribution in [1.29, 1.82) is 0 Å². The average Bonchev–Trinajstić information content (AvgIpc) is 2.51. The summed E-state index contributed by atoms with van der Waals surface area (Å²) in [6, 6.07) is 13.3. The van der Waals surface area contributed by atoms with Crippen molar-refractivity contribution in [2.45, 2.75) is 5.75 Å². The van der Waals surface area contributed by atoms with Crippen LogP contribution in [-0.2, 0) is 5.75 Å². The summed E-state index contributed by atoms with van der Waals surface area (Å²) in [6.07, 6.45) is 0. The van der Waals surface area contributed by atoms with Crippen LogP contribution >= 0.6 is 23.4 Å². The molecule has 2 amide bonds. The van der Waals surface area contributed by atoms with Crippen molar-refractivity contribution < 1.29 is 9.18 Å². The Morgan fingerprint density at radius 3 is 2.59 bits per heavy atom. The predicted octanol–water partition coefficient (Wildman–Crippen LogP) is 4.53. The molecule has 0 aromatic heterocycles. The van der Waals surface area contributed by atoms with Gasteiger partial charge in [-0.1, -0.05) is 29.8 Å². The number of anilines is 1. The van der Waals surface area contributed by atoms with Crippen molar-refractivity contribution >= 4 is 35.1 Å². The van der Waals surface area contributed by atoms with E-state index in [0.29, 0.717) is 34.3 Å². The van der Waals surface area contributed by atoms with Crippen LogP contribution in [0.15, 0.2) is 48.5 Å². The fraction of sp³-hybridized carbons (Fsp3) is 0.188. The van der Waals surface area contributed by atoms with Crippen molar-refractivity contribution in [3.8, 4) is 0 Å². The molecule has 0 radical (unpaired) electrons. The molecular formula is C16H16ClFN2OS. The minimum atomic E-state index is -0.270. The SMILES string of the molecule is O=C(NCCSCc1ccccc1F)Nc1ccc(Cl)cc1. The van der Waals surface area contributed by atoms with Gasteiger partial charge >= 0.3 is 6.03 Å². The summed E-state index contributed by atoms with van der Waals surface area (Å²) in [5.74, 6) is 1.11. The second-order valence-corrected chi connectivity index (χ2v) is 6.07. The van der Waals surface area contributed by atoms with E-state index in [1.807, 2.05) is 6.07 Å². The lowest BCUT2D eigenvalue weighted by molar-refractivity contribution is 0.252. The van der Waals surface area contributed by atoms with Crippen molar-refractivity contribution in [2.24, 2.45) is 0 Å². The first-order valence-electron chi connectivity index (χ1n) is 6.77. The van der Waals surface area contributed by atoms with Crippen LogP contribution in [0.2, 0.25) is 5.02 Å². The van der Waals surface area contributed by atoms with Gasteiger partial charge in [0, 0.05) is 28.8 Å². The Morgan fingerprint density at radius 2 is 1.86 bits per heavy atom. The van der Waals surface area contributed by atoms with E-state index < -0.39 is 0 Å². The van der Waals surface area contributed by atoms with Crippen LogP contribution in [0.5, 0.6) is 0 Å². The molecule has 2 aromatic carbocycles. The fourth-order valence-electron chi connectivity index (χ4n) is 1.74. The Kier molecular flexibility index (Phi) is 6.55. The highest BCUT2D eigenvalue weighted by Gasteiger charge is 2.02. The molecule has 2 aromatic rings. The number of urea groups is 1. The van der Waals surface area contributed by atoms with Gasteiger partial charge in [0.1, 0.15) is 5.82 Å². The maximum Gasteiger partial charge on any atom is 0.319 e. The number of hydrogen-bond donors (Lipinski definition) is 2. The van der Waals surface area contributed by atoms with Gasteiger partial charge in [-0.25, -0.2) is 9.18 Å². The van der Waals surface area contributed by atoms with Gasteiger partial charge in [0.05, 0.1) is 0 Å². The first-order chi connectivity index (χ1) is 10.6. The standard InChI is InChI=1S/C16H16ClFN2OS/c17-13-5-7-14(8-6-13)20-16(21)19-9-10-22-11-12-3-1-2-4-15(12)18/h1-8H,9-11H2,(H2,19,20,21). The zero-order valence-corrected chi connectivity index (χ0v) is 13.4. The summed E-state index contributed by atoms with van der Waals surface area (Å²) in [4.78, 5) is 11.7. The molecule has 0 heterocycles. The maximum atomic E-state index is 13.4. The highest BCUT2D eigenvalue weighted by molar-refractivity contribution is 7.98. The zero-order valence-electron chi connectivity index (χ0n) is 11.8. The molecule has 0 aliphatic heterocycles. The summed E-state index contributed by atoms with van der Waals surface area (Å²) in [5.41, 5.74) is 1.36. The van der Waals surface area contributed by atoms with Crippen LogP contribution in [0.1, 0.15) is 5.56 Å². The average molecular weight is 339 g/mol. The van der Waals surface area contributed by atoms with Crippen LogP contribution in [0.4, 0.5) is 14.9 Å². The van der Waals surface area contributed by atoms with Crippen LogP contribution in [0.25, 0.3) is 0 Å². The van der Waals surface area contributed by atoms with E-state index in [1.54, 1.807) is 48.2 Å². The van der Waals surface area contributed by atoms with Crippen molar-refractivity contribution in [3.63, 3.8) is 0 Å². The fourth-order valence-corrected chi connectivity index (χ4v) is 2.71. The molecule has 22 heavy (non-hydrogen) atoms.